The van der Waals surface area contributed by atoms with E-state index in [1.54, 1.807) is 12.1 Å². The van der Waals surface area contributed by atoms with Crippen molar-refractivity contribution in [1.29, 1.82) is 0 Å². The Morgan fingerprint density at radius 1 is 1.17 bits per heavy atom. The minimum Gasteiger partial charge on any atom is -0.346 e. The lowest BCUT2D eigenvalue weighted by atomic mass is 10.0. The second-order valence-corrected chi connectivity index (χ2v) is 5.62. The Kier molecular flexibility index (Phi) is 4.70. The first-order valence-electron chi connectivity index (χ1n) is 7.73. The number of aromatic nitrogens is 2. The SMILES string of the molecule is Cc1cccc(NC(=O)C[C@H](c2cccc(F)c2)n2cccc2)n1. The van der Waals surface area contributed by atoms with Crippen molar-refractivity contribution < 1.29 is 9.18 Å². The third-order valence-electron chi connectivity index (χ3n) is 3.76. The van der Waals surface area contributed by atoms with Crippen LogP contribution >= 0.6 is 0 Å². The second kappa shape index (κ2) is 7.08. The number of halogens is 1. The number of hydrogen-bond acceptors (Lipinski definition) is 2. The van der Waals surface area contributed by atoms with E-state index in [0.717, 1.165) is 11.3 Å². The summed E-state index contributed by atoms with van der Waals surface area (Å²) < 4.78 is 15.5. The lowest BCUT2D eigenvalue weighted by Crippen LogP contribution is -2.20. The largest absolute Gasteiger partial charge is 0.346 e. The van der Waals surface area contributed by atoms with E-state index in [-0.39, 0.29) is 24.2 Å². The lowest BCUT2D eigenvalue weighted by molar-refractivity contribution is -0.116. The molecule has 122 valence electrons. The quantitative estimate of drug-likeness (QED) is 0.773. The molecule has 0 radical (unpaired) electrons. The van der Waals surface area contributed by atoms with Crippen molar-refractivity contribution in [3.05, 3.63) is 84.1 Å². The highest BCUT2D eigenvalue weighted by Crippen LogP contribution is 2.23. The van der Waals surface area contributed by atoms with Crippen LogP contribution in [-0.2, 0) is 4.79 Å². The highest BCUT2D eigenvalue weighted by atomic mass is 19.1. The number of carbonyl (C=O) groups excluding carboxylic acids is 1. The first-order valence-corrected chi connectivity index (χ1v) is 7.73. The lowest BCUT2D eigenvalue weighted by Gasteiger charge is -2.19. The monoisotopic (exact) mass is 323 g/mol. The fourth-order valence-corrected chi connectivity index (χ4v) is 2.65. The van der Waals surface area contributed by atoms with Gasteiger partial charge in [-0.25, -0.2) is 9.37 Å². The molecule has 1 amide bonds. The van der Waals surface area contributed by atoms with E-state index in [1.165, 1.54) is 12.1 Å². The zero-order chi connectivity index (χ0) is 16.9. The van der Waals surface area contributed by atoms with Crippen LogP contribution in [0.4, 0.5) is 10.2 Å². The van der Waals surface area contributed by atoms with Gasteiger partial charge in [0.2, 0.25) is 5.91 Å². The zero-order valence-electron chi connectivity index (χ0n) is 13.3. The highest BCUT2D eigenvalue weighted by Gasteiger charge is 2.18. The third kappa shape index (κ3) is 3.87. The number of anilines is 1. The number of pyridine rings is 1. The molecule has 5 heteroatoms. The molecule has 0 fully saturated rings. The van der Waals surface area contributed by atoms with Gasteiger partial charge in [-0.15, -0.1) is 0 Å². The average Bonchev–Trinajstić information content (AvgIpc) is 3.07. The number of nitrogens with one attached hydrogen (secondary N) is 1. The van der Waals surface area contributed by atoms with E-state index in [9.17, 15) is 9.18 Å². The molecule has 0 saturated heterocycles. The van der Waals surface area contributed by atoms with Crippen LogP contribution < -0.4 is 5.32 Å². The van der Waals surface area contributed by atoms with Gasteiger partial charge in [-0.3, -0.25) is 4.79 Å². The molecular weight excluding hydrogens is 305 g/mol. The van der Waals surface area contributed by atoms with Gasteiger partial charge in [0.05, 0.1) is 12.5 Å². The standard InChI is InChI=1S/C19H18FN3O/c1-14-6-4-9-18(21-14)22-19(24)13-17(23-10-2-3-11-23)15-7-5-8-16(20)12-15/h2-12,17H,13H2,1H3,(H,21,22,24)/t17-/m1/s1. The molecule has 1 aromatic carbocycles. The van der Waals surface area contributed by atoms with Crippen LogP contribution in [0.1, 0.15) is 23.7 Å². The Morgan fingerprint density at radius 2 is 1.92 bits per heavy atom. The molecule has 24 heavy (non-hydrogen) atoms. The molecule has 3 rings (SSSR count). The van der Waals surface area contributed by atoms with E-state index in [4.69, 9.17) is 0 Å². The van der Waals surface area contributed by atoms with Crippen LogP contribution in [0.25, 0.3) is 0 Å². The van der Waals surface area contributed by atoms with Crippen molar-refractivity contribution in [1.82, 2.24) is 9.55 Å². The molecule has 2 heterocycles. The van der Waals surface area contributed by atoms with Gasteiger partial charge in [-0.1, -0.05) is 18.2 Å². The Hall–Kier alpha value is -2.95. The zero-order valence-corrected chi connectivity index (χ0v) is 13.3. The Morgan fingerprint density at radius 3 is 2.62 bits per heavy atom. The molecule has 0 aliphatic heterocycles. The van der Waals surface area contributed by atoms with E-state index >= 15 is 0 Å². The Labute approximate surface area is 140 Å². The summed E-state index contributed by atoms with van der Waals surface area (Å²) in [6, 6.07) is 15.3. The minimum absolute atomic E-state index is 0.170. The molecule has 1 atom stereocenters. The Bertz CT molecular complexity index is 830. The predicted octanol–water partition coefficient (Wildman–Crippen LogP) is 3.95. The molecule has 2 aromatic heterocycles. The summed E-state index contributed by atoms with van der Waals surface area (Å²) in [4.78, 5) is 16.7. The topological polar surface area (TPSA) is 46.9 Å². The van der Waals surface area contributed by atoms with Crippen LogP contribution in [0.3, 0.4) is 0 Å². The fraction of sp³-hybridized carbons (Fsp3) is 0.158. The fourth-order valence-electron chi connectivity index (χ4n) is 2.65. The summed E-state index contributed by atoms with van der Waals surface area (Å²) in [5.41, 5.74) is 1.58. The second-order valence-electron chi connectivity index (χ2n) is 5.62. The van der Waals surface area contributed by atoms with Crippen LogP contribution in [0, 0.1) is 12.7 Å². The maximum Gasteiger partial charge on any atom is 0.227 e. The molecule has 0 unspecified atom stereocenters. The first kappa shape index (κ1) is 15.9. The molecule has 0 bridgehead atoms. The molecule has 0 aliphatic rings. The summed E-state index contributed by atoms with van der Waals surface area (Å²) in [6.07, 6.45) is 3.93. The van der Waals surface area contributed by atoms with Gasteiger partial charge in [0.25, 0.3) is 0 Å². The van der Waals surface area contributed by atoms with Crippen LogP contribution in [-0.4, -0.2) is 15.5 Å². The Balaban J connectivity index is 1.80. The van der Waals surface area contributed by atoms with Gasteiger partial charge in [-0.05, 0) is 48.9 Å². The smallest absolute Gasteiger partial charge is 0.227 e. The van der Waals surface area contributed by atoms with Gasteiger partial charge in [0.1, 0.15) is 11.6 Å². The number of carbonyl (C=O) groups is 1. The van der Waals surface area contributed by atoms with E-state index in [1.807, 2.05) is 54.2 Å². The van der Waals surface area contributed by atoms with Gasteiger partial charge >= 0.3 is 0 Å². The van der Waals surface area contributed by atoms with Crippen LogP contribution in [0.5, 0.6) is 0 Å². The maximum atomic E-state index is 13.6. The highest BCUT2D eigenvalue weighted by molar-refractivity contribution is 5.90. The number of benzene rings is 1. The van der Waals surface area contributed by atoms with Crippen molar-refractivity contribution in [3.8, 4) is 0 Å². The summed E-state index contributed by atoms with van der Waals surface area (Å²) in [5, 5.41) is 2.80. The number of nitrogens with zero attached hydrogens (tertiary/aromatic N) is 2. The average molecular weight is 323 g/mol. The van der Waals surface area contributed by atoms with Gasteiger partial charge in [0.15, 0.2) is 0 Å². The van der Waals surface area contributed by atoms with Gasteiger partial charge in [0, 0.05) is 18.1 Å². The molecule has 0 spiro atoms. The minimum atomic E-state index is -0.314. The maximum absolute atomic E-state index is 13.6. The van der Waals surface area contributed by atoms with E-state index < -0.39 is 0 Å². The third-order valence-corrected chi connectivity index (χ3v) is 3.76. The summed E-state index contributed by atoms with van der Waals surface area (Å²) in [7, 11) is 0. The molecule has 0 saturated carbocycles. The molecule has 1 N–H and O–H groups in total. The van der Waals surface area contributed by atoms with Crippen molar-refractivity contribution in [2.24, 2.45) is 0 Å². The van der Waals surface area contributed by atoms with Crippen molar-refractivity contribution in [3.63, 3.8) is 0 Å². The molecule has 0 aliphatic carbocycles. The summed E-state index contributed by atoms with van der Waals surface area (Å²) >= 11 is 0. The summed E-state index contributed by atoms with van der Waals surface area (Å²) in [6.45, 7) is 1.87. The first-order chi connectivity index (χ1) is 11.6. The van der Waals surface area contributed by atoms with E-state index in [0.29, 0.717) is 5.82 Å². The van der Waals surface area contributed by atoms with Crippen molar-refractivity contribution in [2.75, 3.05) is 5.32 Å². The number of rotatable bonds is 5. The van der Waals surface area contributed by atoms with Crippen LogP contribution in [0.15, 0.2) is 67.0 Å². The number of amides is 1. The van der Waals surface area contributed by atoms with E-state index in [2.05, 4.69) is 10.3 Å². The van der Waals surface area contributed by atoms with Gasteiger partial charge < -0.3 is 9.88 Å². The predicted molar refractivity (Wildman–Crippen MR) is 91.2 cm³/mol. The number of aryl methyl sites for hydroxylation is 1. The summed E-state index contributed by atoms with van der Waals surface area (Å²) in [5.74, 6) is 0.0342. The van der Waals surface area contributed by atoms with Crippen molar-refractivity contribution >= 4 is 11.7 Å². The number of hydrogen-bond donors (Lipinski definition) is 1. The molecule has 4 nitrogen and oxygen atoms in total. The molecule has 3 aromatic rings. The van der Waals surface area contributed by atoms with Crippen LogP contribution in [0.2, 0.25) is 0 Å². The van der Waals surface area contributed by atoms with Gasteiger partial charge in [-0.2, -0.15) is 0 Å². The molecular formula is C19H18FN3O. The van der Waals surface area contributed by atoms with Crippen molar-refractivity contribution in [2.45, 2.75) is 19.4 Å². The normalized spacial score (nSPS) is 11.9.